The summed E-state index contributed by atoms with van der Waals surface area (Å²) in [5, 5.41) is 18.7. The second-order valence-electron chi connectivity index (χ2n) is 5.71. The molecule has 0 saturated carbocycles. The Balaban J connectivity index is 2.23. The molecule has 3 aromatic rings. The zero-order chi connectivity index (χ0) is 17.8. The molecule has 0 aliphatic carbocycles. The van der Waals surface area contributed by atoms with Crippen LogP contribution in [0.25, 0.3) is 0 Å². The largest absolute Gasteiger partial charge is 0.478 e. The van der Waals surface area contributed by atoms with Gasteiger partial charge in [0, 0.05) is 0 Å². The molecule has 0 amide bonds. The van der Waals surface area contributed by atoms with E-state index in [1.54, 1.807) is 12.1 Å². The van der Waals surface area contributed by atoms with Crippen molar-refractivity contribution in [2.75, 3.05) is 0 Å². The number of carboxylic acid groups (broad SMARTS) is 2. The smallest absolute Gasteiger partial charge is 0.335 e. The standard InChI is InChI=1S/C20H15BO4/c22-19(23)14-11-15(20(24)25)13-18(12-14)21(16-7-3-1-4-8-16)17-9-5-2-6-10-17/h1-13H,(H,22,23)(H,24,25). The molecule has 0 bridgehead atoms. The third-order valence-electron chi connectivity index (χ3n) is 4.05. The van der Waals surface area contributed by atoms with Gasteiger partial charge in [-0.15, -0.1) is 0 Å². The highest BCUT2D eigenvalue weighted by molar-refractivity contribution is 6.95. The number of benzene rings is 3. The van der Waals surface area contributed by atoms with Gasteiger partial charge in [-0.1, -0.05) is 89.2 Å². The fourth-order valence-corrected chi connectivity index (χ4v) is 2.93. The maximum atomic E-state index is 11.4. The van der Waals surface area contributed by atoms with Crippen molar-refractivity contribution in [3.63, 3.8) is 0 Å². The summed E-state index contributed by atoms with van der Waals surface area (Å²) in [6, 6.07) is 23.5. The van der Waals surface area contributed by atoms with E-state index in [0.29, 0.717) is 5.46 Å². The number of aromatic carboxylic acids is 2. The zero-order valence-corrected chi connectivity index (χ0v) is 13.3. The van der Waals surface area contributed by atoms with E-state index in [1.165, 1.54) is 6.07 Å². The van der Waals surface area contributed by atoms with Gasteiger partial charge in [-0.2, -0.15) is 0 Å². The highest BCUT2D eigenvalue weighted by atomic mass is 16.4. The number of hydrogen-bond acceptors (Lipinski definition) is 2. The molecule has 0 spiro atoms. The lowest BCUT2D eigenvalue weighted by molar-refractivity contribution is 0.0696. The minimum atomic E-state index is -1.15. The highest BCUT2D eigenvalue weighted by Crippen LogP contribution is 2.06. The van der Waals surface area contributed by atoms with E-state index in [-0.39, 0.29) is 17.8 Å². The summed E-state index contributed by atoms with van der Waals surface area (Å²) >= 11 is 0. The second-order valence-corrected chi connectivity index (χ2v) is 5.71. The molecular weight excluding hydrogens is 315 g/mol. The third-order valence-corrected chi connectivity index (χ3v) is 4.05. The molecule has 4 nitrogen and oxygen atoms in total. The molecule has 0 aliphatic heterocycles. The molecule has 0 heterocycles. The maximum Gasteiger partial charge on any atom is 0.335 e. The predicted octanol–water partition coefficient (Wildman–Crippen LogP) is 1.60. The Morgan fingerprint density at radius 3 is 1.36 bits per heavy atom. The van der Waals surface area contributed by atoms with Crippen molar-refractivity contribution < 1.29 is 19.8 Å². The highest BCUT2D eigenvalue weighted by Gasteiger charge is 2.24. The summed E-state index contributed by atoms with van der Waals surface area (Å²) in [5.74, 6) is -2.30. The molecule has 0 unspecified atom stereocenters. The topological polar surface area (TPSA) is 74.6 Å². The van der Waals surface area contributed by atoms with Crippen LogP contribution in [-0.2, 0) is 0 Å². The van der Waals surface area contributed by atoms with Crippen LogP contribution in [0.2, 0.25) is 0 Å². The summed E-state index contributed by atoms with van der Waals surface area (Å²) in [6.45, 7) is -0.250. The van der Waals surface area contributed by atoms with Gasteiger partial charge in [0.05, 0.1) is 11.1 Å². The van der Waals surface area contributed by atoms with Crippen LogP contribution in [0.5, 0.6) is 0 Å². The van der Waals surface area contributed by atoms with Crippen LogP contribution in [0.4, 0.5) is 0 Å². The van der Waals surface area contributed by atoms with Gasteiger partial charge in [-0.05, 0) is 6.07 Å². The quantitative estimate of drug-likeness (QED) is 0.697. The lowest BCUT2D eigenvalue weighted by atomic mass is 9.36. The van der Waals surface area contributed by atoms with Crippen LogP contribution < -0.4 is 16.4 Å². The average Bonchev–Trinajstić information content (AvgIpc) is 2.63. The van der Waals surface area contributed by atoms with Crippen molar-refractivity contribution in [1.82, 2.24) is 0 Å². The first-order chi connectivity index (χ1) is 12.1. The van der Waals surface area contributed by atoms with Crippen molar-refractivity contribution in [3.8, 4) is 0 Å². The van der Waals surface area contributed by atoms with E-state index in [2.05, 4.69) is 0 Å². The van der Waals surface area contributed by atoms with E-state index in [9.17, 15) is 19.8 Å². The summed E-state index contributed by atoms with van der Waals surface area (Å²) in [5.41, 5.74) is 2.49. The first-order valence-corrected chi connectivity index (χ1v) is 7.77. The van der Waals surface area contributed by atoms with E-state index < -0.39 is 11.9 Å². The summed E-state index contributed by atoms with van der Waals surface area (Å²) in [7, 11) is 0. The molecular formula is C20H15BO4. The SMILES string of the molecule is O=C(O)c1cc(B(c2ccccc2)c2ccccc2)cc(C(=O)O)c1. The van der Waals surface area contributed by atoms with Gasteiger partial charge >= 0.3 is 11.9 Å². The van der Waals surface area contributed by atoms with Crippen LogP contribution in [0.3, 0.4) is 0 Å². The van der Waals surface area contributed by atoms with Gasteiger partial charge in [0.25, 0.3) is 0 Å². The number of hydrogen-bond donors (Lipinski definition) is 2. The van der Waals surface area contributed by atoms with Crippen LogP contribution in [0.15, 0.2) is 78.9 Å². The minimum Gasteiger partial charge on any atom is -0.478 e. The van der Waals surface area contributed by atoms with Gasteiger partial charge in [0.2, 0.25) is 6.71 Å². The van der Waals surface area contributed by atoms with Gasteiger partial charge in [0.15, 0.2) is 0 Å². The van der Waals surface area contributed by atoms with Crippen LogP contribution in [0, 0.1) is 0 Å². The first-order valence-electron chi connectivity index (χ1n) is 7.77. The Bertz CT molecular complexity index is 836. The predicted molar refractivity (Wildman–Crippen MR) is 97.9 cm³/mol. The van der Waals surface area contributed by atoms with Gasteiger partial charge in [0.1, 0.15) is 0 Å². The van der Waals surface area contributed by atoms with Gasteiger partial charge < -0.3 is 10.2 Å². The van der Waals surface area contributed by atoms with Crippen molar-refractivity contribution in [1.29, 1.82) is 0 Å². The monoisotopic (exact) mass is 330 g/mol. The molecule has 25 heavy (non-hydrogen) atoms. The summed E-state index contributed by atoms with van der Waals surface area (Å²) < 4.78 is 0. The molecule has 5 heteroatoms. The average molecular weight is 330 g/mol. The molecule has 0 fully saturated rings. The van der Waals surface area contributed by atoms with Crippen molar-refractivity contribution >= 4 is 35.0 Å². The van der Waals surface area contributed by atoms with Crippen LogP contribution >= 0.6 is 0 Å². The Morgan fingerprint density at radius 2 is 1.00 bits per heavy atom. The lowest BCUT2D eigenvalue weighted by Gasteiger charge is -2.16. The normalized spacial score (nSPS) is 10.2. The molecule has 2 N–H and O–H groups in total. The molecule has 0 aliphatic rings. The Kier molecular flexibility index (Phi) is 4.66. The molecule has 3 rings (SSSR count). The van der Waals surface area contributed by atoms with E-state index in [4.69, 9.17) is 0 Å². The number of rotatable bonds is 5. The fourth-order valence-electron chi connectivity index (χ4n) is 2.93. The van der Waals surface area contributed by atoms with E-state index in [0.717, 1.165) is 10.9 Å². The van der Waals surface area contributed by atoms with Gasteiger partial charge in [-0.25, -0.2) is 9.59 Å². The van der Waals surface area contributed by atoms with Gasteiger partial charge in [-0.3, -0.25) is 0 Å². The van der Waals surface area contributed by atoms with Crippen molar-refractivity contribution in [2.24, 2.45) is 0 Å². The third kappa shape index (κ3) is 3.61. The Labute approximate surface area is 145 Å². The van der Waals surface area contributed by atoms with E-state index in [1.807, 2.05) is 60.7 Å². The molecule has 0 radical (unpaired) electrons. The number of carboxylic acids is 2. The maximum absolute atomic E-state index is 11.4. The first kappa shape index (κ1) is 16.5. The molecule has 0 atom stereocenters. The fraction of sp³-hybridized carbons (Fsp3) is 0. The number of carbonyl (C=O) groups is 2. The lowest BCUT2D eigenvalue weighted by Crippen LogP contribution is -2.52. The Hall–Kier alpha value is -3.34. The molecule has 0 saturated heterocycles. The summed E-state index contributed by atoms with van der Waals surface area (Å²) in [4.78, 5) is 22.9. The second kappa shape index (κ2) is 7.05. The summed E-state index contributed by atoms with van der Waals surface area (Å²) in [6.07, 6.45) is 0. The van der Waals surface area contributed by atoms with Crippen molar-refractivity contribution in [3.05, 3.63) is 90.0 Å². The molecule has 0 aromatic heterocycles. The zero-order valence-electron chi connectivity index (χ0n) is 13.3. The Morgan fingerprint density at radius 1 is 0.600 bits per heavy atom. The van der Waals surface area contributed by atoms with Crippen LogP contribution in [-0.4, -0.2) is 28.9 Å². The van der Waals surface area contributed by atoms with Crippen LogP contribution in [0.1, 0.15) is 20.7 Å². The van der Waals surface area contributed by atoms with E-state index >= 15 is 0 Å². The molecule has 3 aromatic carbocycles. The minimum absolute atomic E-state index is 0.0354. The molecule has 122 valence electrons. The van der Waals surface area contributed by atoms with Crippen molar-refractivity contribution in [2.45, 2.75) is 0 Å².